The highest BCUT2D eigenvalue weighted by Crippen LogP contribution is 2.42. The summed E-state index contributed by atoms with van der Waals surface area (Å²) in [4.78, 5) is 0. The summed E-state index contributed by atoms with van der Waals surface area (Å²) in [7, 11) is 0. The van der Waals surface area contributed by atoms with Crippen molar-refractivity contribution in [3.05, 3.63) is 65.7 Å². The number of aliphatic hydroxyl groups is 1. The third kappa shape index (κ3) is 4.09. The molecule has 0 aliphatic heterocycles. The standard InChI is InChI=1S/C19H22O3S/c1-3-19(23-10-9-20)16-11-15(17(21)12-18(16)22)13(2)14-7-5-4-6-8-14/h4-8,11-12,19-22H,2-3,9-10H2,1H3. The summed E-state index contributed by atoms with van der Waals surface area (Å²) >= 11 is 1.59. The fraction of sp³-hybridized carbons (Fsp3) is 0.263. The van der Waals surface area contributed by atoms with Gasteiger partial charge in [0.25, 0.3) is 0 Å². The molecule has 0 bridgehead atoms. The second kappa shape index (κ2) is 8.09. The van der Waals surface area contributed by atoms with Gasteiger partial charge in [-0.1, -0.05) is 43.8 Å². The molecule has 0 aliphatic rings. The predicted molar refractivity (Wildman–Crippen MR) is 96.9 cm³/mol. The summed E-state index contributed by atoms with van der Waals surface area (Å²) in [5.41, 5.74) is 3.02. The van der Waals surface area contributed by atoms with E-state index in [1.807, 2.05) is 37.3 Å². The van der Waals surface area contributed by atoms with E-state index in [-0.39, 0.29) is 23.4 Å². The van der Waals surface area contributed by atoms with E-state index >= 15 is 0 Å². The van der Waals surface area contributed by atoms with Crippen molar-refractivity contribution in [2.75, 3.05) is 12.4 Å². The number of phenols is 2. The zero-order valence-corrected chi connectivity index (χ0v) is 14.0. The van der Waals surface area contributed by atoms with Crippen LogP contribution in [0, 0.1) is 0 Å². The van der Waals surface area contributed by atoms with Gasteiger partial charge in [-0.15, -0.1) is 0 Å². The molecule has 2 aromatic carbocycles. The van der Waals surface area contributed by atoms with Gasteiger partial charge in [0.15, 0.2) is 0 Å². The largest absolute Gasteiger partial charge is 0.507 e. The Balaban J connectivity index is 2.41. The fourth-order valence-corrected chi connectivity index (χ4v) is 3.50. The number of aliphatic hydroxyl groups excluding tert-OH is 1. The van der Waals surface area contributed by atoms with E-state index < -0.39 is 0 Å². The highest BCUT2D eigenvalue weighted by Gasteiger charge is 2.18. The Morgan fingerprint density at radius 1 is 1.13 bits per heavy atom. The molecule has 122 valence electrons. The van der Waals surface area contributed by atoms with Crippen molar-refractivity contribution in [2.45, 2.75) is 18.6 Å². The van der Waals surface area contributed by atoms with E-state index in [9.17, 15) is 10.2 Å². The molecule has 0 saturated carbocycles. The van der Waals surface area contributed by atoms with Gasteiger partial charge in [-0.05, 0) is 23.6 Å². The van der Waals surface area contributed by atoms with E-state index in [1.54, 1.807) is 17.8 Å². The Hall–Kier alpha value is -1.91. The molecule has 2 rings (SSSR count). The van der Waals surface area contributed by atoms with Gasteiger partial charge in [0.1, 0.15) is 11.5 Å². The first-order chi connectivity index (χ1) is 11.1. The molecule has 0 saturated heterocycles. The van der Waals surface area contributed by atoms with Crippen LogP contribution >= 0.6 is 11.8 Å². The molecule has 0 fully saturated rings. The second-order valence-electron chi connectivity index (χ2n) is 5.26. The van der Waals surface area contributed by atoms with Crippen LogP contribution in [0.1, 0.15) is 35.3 Å². The molecule has 2 aromatic rings. The average molecular weight is 330 g/mol. The molecule has 3 nitrogen and oxygen atoms in total. The molecule has 3 N–H and O–H groups in total. The molecular weight excluding hydrogens is 308 g/mol. The molecule has 0 amide bonds. The van der Waals surface area contributed by atoms with Crippen LogP contribution in [0.4, 0.5) is 0 Å². The highest BCUT2D eigenvalue weighted by atomic mass is 32.2. The van der Waals surface area contributed by atoms with Gasteiger partial charge >= 0.3 is 0 Å². The van der Waals surface area contributed by atoms with Crippen molar-refractivity contribution in [1.82, 2.24) is 0 Å². The lowest BCUT2D eigenvalue weighted by Crippen LogP contribution is -1.99. The van der Waals surface area contributed by atoms with Gasteiger partial charge < -0.3 is 15.3 Å². The maximum Gasteiger partial charge on any atom is 0.127 e. The maximum atomic E-state index is 10.2. The number of rotatable bonds is 7. The third-order valence-corrected chi connectivity index (χ3v) is 5.13. The maximum absolute atomic E-state index is 10.2. The molecule has 23 heavy (non-hydrogen) atoms. The summed E-state index contributed by atoms with van der Waals surface area (Å²) in [5.74, 6) is 0.694. The Bertz CT molecular complexity index is 668. The number of aromatic hydroxyl groups is 2. The number of thioether (sulfide) groups is 1. The molecule has 0 aromatic heterocycles. The van der Waals surface area contributed by atoms with E-state index in [0.29, 0.717) is 16.9 Å². The molecular formula is C19H22O3S. The lowest BCUT2D eigenvalue weighted by Gasteiger charge is -2.19. The Morgan fingerprint density at radius 3 is 2.43 bits per heavy atom. The predicted octanol–water partition coefficient (Wildman–Crippen LogP) is 4.34. The van der Waals surface area contributed by atoms with Crippen LogP contribution in [-0.4, -0.2) is 27.7 Å². The van der Waals surface area contributed by atoms with Crippen molar-refractivity contribution >= 4 is 17.3 Å². The minimum Gasteiger partial charge on any atom is -0.507 e. The quantitative estimate of drug-likeness (QED) is 0.707. The summed E-state index contributed by atoms with van der Waals surface area (Å²) in [5, 5.41) is 29.5. The van der Waals surface area contributed by atoms with Crippen LogP contribution in [0.2, 0.25) is 0 Å². The minimum atomic E-state index is 0.0158. The molecule has 1 atom stereocenters. The van der Waals surface area contributed by atoms with Crippen LogP contribution in [0.5, 0.6) is 11.5 Å². The SMILES string of the molecule is C=C(c1ccccc1)c1cc(C(CC)SCCO)c(O)cc1O. The first-order valence-electron chi connectivity index (χ1n) is 7.61. The Kier molecular flexibility index (Phi) is 6.13. The van der Waals surface area contributed by atoms with Gasteiger partial charge in [-0.25, -0.2) is 0 Å². The van der Waals surface area contributed by atoms with Gasteiger partial charge in [0.05, 0.1) is 6.61 Å². The summed E-state index contributed by atoms with van der Waals surface area (Å²) in [6.07, 6.45) is 0.820. The van der Waals surface area contributed by atoms with E-state index in [4.69, 9.17) is 5.11 Å². The summed E-state index contributed by atoms with van der Waals surface area (Å²) in [6, 6.07) is 12.8. The van der Waals surface area contributed by atoms with Gasteiger partial charge in [-0.3, -0.25) is 0 Å². The fourth-order valence-electron chi connectivity index (χ4n) is 2.51. The molecule has 0 radical (unpaired) electrons. The molecule has 0 spiro atoms. The zero-order chi connectivity index (χ0) is 16.8. The van der Waals surface area contributed by atoms with Gasteiger partial charge in [0.2, 0.25) is 0 Å². The van der Waals surface area contributed by atoms with Crippen molar-refractivity contribution in [3.8, 4) is 11.5 Å². The number of benzene rings is 2. The average Bonchev–Trinajstić information content (AvgIpc) is 2.57. The molecule has 1 unspecified atom stereocenters. The lowest BCUT2D eigenvalue weighted by molar-refractivity contribution is 0.322. The van der Waals surface area contributed by atoms with Crippen molar-refractivity contribution in [2.24, 2.45) is 0 Å². The van der Waals surface area contributed by atoms with Crippen LogP contribution < -0.4 is 0 Å². The topological polar surface area (TPSA) is 60.7 Å². The van der Waals surface area contributed by atoms with E-state index in [2.05, 4.69) is 6.58 Å². The normalized spacial score (nSPS) is 12.1. The zero-order valence-electron chi connectivity index (χ0n) is 13.2. The van der Waals surface area contributed by atoms with Crippen molar-refractivity contribution in [1.29, 1.82) is 0 Å². The monoisotopic (exact) mass is 330 g/mol. The van der Waals surface area contributed by atoms with Crippen molar-refractivity contribution < 1.29 is 15.3 Å². The van der Waals surface area contributed by atoms with Crippen LogP contribution in [0.25, 0.3) is 5.57 Å². The Morgan fingerprint density at radius 2 is 1.83 bits per heavy atom. The number of hydrogen-bond acceptors (Lipinski definition) is 4. The van der Waals surface area contributed by atoms with Crippen molar-refractivity contribution in [3.63, 3.8) is 0 Å². The molecule has 4 heteroatoms. The molecule has 0 heterocycles. The smallest absolute Gasteiger partial charge is 0.127 e. The first kappa shape index (κ1) is 17.4. The summed E-state index contributed by atoms with van der Waals surface area (Å²) in [6.45, 7) is 6.22. The van der Waals surface area contributed by atoms with Gasteiger partial charge in [-0.2, -0.15) is 11.8 Å². The van der Waals surface area contributed by atoms with Crippen LogP contribution in [0.3, 0.4) is 0 Å². The second-order valence-corrected chi connectivity index (χ2v) is 6.57. The number of hydrogen-bond donors (Lipinski definition) is 3. The Labute approximate surface area is 141 Å². The highest BCUT2D eigenvalue weighted by molar-refractivity contribution is 7.99. The van der Waals surface area contributed by atoms with Crippen LogP contribution in [0.15, 0.2) is 49.0 Å². The van der Waals surface area contributed by atoms with Gasteiger partial charge in [0, 0.05) is 28.2 Å². The van der Waals surface area contributed by atoms with E-state index in [1.165, 1.54) is 6.07 Å². The lowest BCUT2D eigenvalue weighted by atomic mass is 9.95. The summed E-state index contributed by atoms with van der Waals surface area (Å²) < 4.78 is 0. The molecule has 0 aliphatic carbocycles. The van der Waals surface area contributed by atoms with Crippen LogP contribution in [-0.2, 0) is 0 Å². The number of phenolic OH excluding ortho intramolecular Hbond substituents is 2. The minimum absolute atomic E-state index is 0.0158. The first-order valence-corrected chi connectivity index (χ1v) is 8.66. The third-order valence-electron chi connectivity index (χ3n) is 3.72. The van der Waals surface area contributed by atoms with E-state index in [0.717, 1.165) is 17.5 Å².